The number of carbonyl (C=O) groups excluding carboxylic acids is 3. The van der Waals surface area contributed by atoms with Gasteiger partial charge in [0.1, 0.15) is 0 Å². The van der Waals surface area contributed by atoms with Gasteiger partial charge in [-0.2, -0.15) is 0 Å². The lowest BCUT2D eigenvalue weighted by molar-refractivity contribution is -0.137. The smallest absolute Gasteiger partial charge is 0.325 e. The summed E-state index contributed by atoms with van der Waals surface area (Å²) >= 11 is 1.22. The lowest BCUT2D eigenvalue weighted by Crippen LogP contribution is -2.63. The second-order valence-electron chi connectivity index (χ2n) is 5.59. The van der Waals surface area contributed by atoms with E-state index in [9.17, 15) is 14.4 Å². The number of rotatable bonds is 4. The molecule has 0 bridgehead atoms. The Morgan fingerprint density at radius 2 is 2.14 bits per heavy atom. The van der Waals surface area contributed by atoms with Gasteiger partial charge in [-0.15, -0.1) is 0 Å². The molecule has 22 heavy (non-hydrogen) atoms. The molecule has 2 unspecified atom stereocenters. The molecule has 122 valence electrons. The van der Waals surface area contributed by atoms with Gasteiger partial charge in [0.25, 0.3) is 5.91 Å². The number of nitrogens with one attached hydrogen (secondary N) is 1. The quantitative estimate of drug-likeness (QED) is 0.736. The van der Waals surface area contributed by atoms with Crippen molar-refractivity contribution in [1.82, 2.24) is 15.1 Å². The van der Waals surface area contributed by atoms with E-state index in [-0.39, 0.29) is 17.6 Å². The van der Waals surface area contributed by atoms with Gasteiger partial charge in [-0.1, -0.05) is 25.6 Å². The van der Waals surface area contributed by atoms with E-state index >= 15 is 0 Å². The molecule has 2 heterocycles. The molecule has 0 radical (unpaired) electrons. The molecule has 0 aliphatic carbocycles. The lowest BCUT2D eigenvalue weighted by atomic mass is 10.1. The van der Waals surface area contributed by atoms with Crippen molar-refractivity contribution in [3.05, 3.63) is 0 Å². The van der Waals surface area contributed by atoms with Crippen LogP contribution in [0.4, 0.5) is 4.79 Å². The number of ether oxygens (including phenoxy) is 1. The number of hydrogen-bond acceptors (Lipinski definition) is 7. The molecule has 2 aliphatic rings. The Bertz CT molecular complexity index is 522. The zero-order chi connectivity index (χ0) is 16.4. The van der Waals surface area contributed by atoms with Crippen LogP contribution in [0.25, 0.3) is 0 Å². The maximum atomic E-state index is 12.2. The van der Waals surface area contributed by atoms with Crippen LogP contribution in [-0.4, -0.2) is 71.5 Å². The number of urea groups is 1. The fourth-order valence-corrected chi connectivity index (χ4v) is 3.29. The van der Waals surface area contributed by atoms with Crippen molar-refractivity contribution < 1.29 is 19.1 Å². The average Bonchev–Trinajstić information content (AvgIpc) is 2.80. The van der Waals surface area contributed by atoms with E-state index in [4.69, 9.17) is 0 Å². The molecule has 2 rings (SSSR count). The molecule has 0 aromatic rings. The molecule has 3 amide bonds. The van der Waals surface area contributed by atoms with E-state index in [1.54, 1.807) is 7.05 Å². The summed E-state index contributed by atoms with van der Waals surface area (Å²) in [5, 5.41) is 2.92. The number of methoxy groups -OCH3 is 1. The average molecular weight is 328 g/mol. The van der Waals surface area contributed by atoms with Gasteiger partial charge in [0.2, 0.25) is 0 Å². The highest BCUT2D eigenvalue weighted by Gasteiger charge is 2.48. The predicted molar refractivity (Wildman–Crippen MR) is 82.3 cm³/mol. The Kier molecular flexibility index (Phi) is 4.94. The second kappa shape index (κ2) is 6.55. The molecule has 1 saturated heterocycles. The Labute approximate surface area is 133 Å². The third-order valence-electron chi connectivity index (χ3n) is 3.43. The van der Waals surface area contributed by atoms with Gasteiger partial charge in [-0.05, 0) is 5.92 Å². The minimum atomic E-state index is -0.555. The van der Waals surface area contributed by atoms with Crippen LogP contribution in [0, 0.1) is 5.92 Å². The summed E-state index contributed by atoms with van der Waals surface area (Å²) in [6, 6.07) is -1.01. The summed E-state index contributed by atoms with van der Waals surface area (Å²) in [5.41, 5.74) is 0. The first kappa shape index (κ1) is 16.6. The monoisotopic (exact) mass is 328 g/mol. The summed E-state index contributed by atoms with van der Waals surface area (Å²) < 4.78 is 4.63. The minimum Gasteiger partial charge on any atom is -0.468 e. The fourth-order valence-electron chi connectivity index (χ4n) is 2.39. The Hall–Kier alpha value is -1.77. The standard InChI is InChI=1S/C13H20N4O4S/c1-7(2)5-17-9-10(16(3)12(20)15-11(9)19)14-13(17)22-6-8(18)21-4/h7,9-10H,5-6H2,1-4H3,(H,15,19,20). The number of carbonyl (C=O) groups is 3. The van der Waals surface area contributed by atoms with E-state index in [2.05, 4.69) is 15.0 Å². The molecule has 0 saturated carbocycles. The summed E-state index contributed by atoms with van der Waals surface area (Å²) in [6.45, 7) is 4.68. The van der Waals surface area contributed by atoms with E-state index in [1.807, 2.05) is 18.7 Å². The first-order valence-corrected chi connectivity index (χ1v) is 7.95. The number of aliphatic imine (C=N–C) groups is 1. The van der Waals surface area contributed by atoms with Crippen molar-refractivity contribution in [1.29, 1.82) is 0 Å². The Morgan fingerprint density at radius 3 is 2.73 bits per heavy atom. The van der Waals surface area contributed by atoms with Crippen LogP contribution >= 0.6 is 11.8 Å². The molecule has 0 spiro atoms. The normalized spacial score (nSPS) is 24.3. The van der Waals surface area contributed by atoms with Crippen LogP contribution in [0.2, 0.25) is 0 Å². The SMILES string of the molecule is COC(=O)CSC1=NC2C(C(=O)NC(=O)N2C)N1CC(C)C. The van der Waals surface area contributed by atoms with Crippen LogP contribution in [0.5, 0.6) is 0 Å². The van der Waals surface area contributed by atoms with Gasteiger partial charge >= 0.3 is 12.0 Å². The van der Waals surface area contributed by atoms with Crippen LogP contribution in [0.15, 0.2) is 4.99 Å². The number of likely N-dealkylation sites (N-methyl/N-ethyl adjacent to an activating group) is 1. The third kappa shape index (κ3) is 3.18. The first-order chi connectivity index (χ1) is 10.3. The van der Waals surface area contributed by atoms with Gasteiger partial charge in [0.05, 0.1) is 12.9 Å². The van der Waals surface area contributed by atoms with Crippen molar-refractivity contribution >= 4 is 34.8 Å². The van der Waals surface area contributed by atoms with Crippen LogP contribution in [-0.2, 0) is 14.3 Å². The molecule has 2 aliphatic heterocycles. The Morgan fingerprint density at radius 1 is 1.45 bits per heavy atom. The highest BCUT2D eigenvalue weighted by Crippen LogP contribution is 2.29. The van der Waals surface area contributed by atoms with Gasteiger partial charge in [0, 0.05) is 13.6 Å². The summed E-state index contributed by atoms with van der Waals surface area (Å²) in [6.07, 6.45) is -0.555. The van der Waals surface area contributed by atoms with Crippen molar-refractivity contribution in [2.75, 3.05) is 26.5 Å². The zero-order valence-corrected chi connectivity index (χ0v) is 13.8. The maximum absolute atomic E-state index is 12.2. The van der Waals surface area contributed by atoms with Crippen molar-refractivity contribution in [3.8, 4) is 0 Å². The van der Waals surface area contributed by atoms with Gasteiger partial charge in [0.15, 0.2) is 17.4 Å². The number of thioether (sulfide) groups is 1. The second-order valence-corrected chi connectivity index (χ2v) is 6.53. The highest BCUT2D eigenvalue weighted by molar-refractivity contribution is 8.14. The zero-order valence-electron chi connectivity index (χ0n) is 13.0. The maximum Gasteiger partial charge on any atom is 0.325 e. The highest BCUT2D eigenvalue weighted by atomic mass is 32.2. The number of fused-ring (bicyclic) bond motifs is 1. The van der Waals surface area contributed by atoms with E-state index in [0.717, 1.165) is 0 Å². The molecule has 8 nitrogen and oxygen atoms in total. The molecule has 0 aromatic carbocycles. The van der Waals surface area contributed by atoms with Crippen molar-refractivity contribution in [3.63, 3.8) is 0 Å². The van der Waals surface area contributed by atoms with E-state index < -0.39 is 18.2 Å². The van der Waals surface area contributed by atoms with Crippen LogP contribution in [0.1, 0.15) is 13.8 Å². The summed E-state index contributed by atoms with van der Waals surface area (Å²) in [5.74, 6) is -0.298. The third-order valence-corrected chi connectivity index (χ3v) is 4.41. The predicted octanol–water partition coefficient (Wildman–Crippen LogP) is 0.0965. The topological polar surface area (TPSA) is 91.3 Å². The number of amides is 3. The van der Waals surface area contributed by atoms with E-state index in [1.165, 1.54) is 23.8 Å². The number of amidine groups is 1. The molecular formula is C13H20N4O4S. The minimum absolute atomic E-state index is 0.114. The molecule has 1 fully saturated rings. The molecule has 9 heteroatoms. The van der Waals surface area contributed by atoms with Gasteiger partial charge in [-0.25, -0.2) is 9.79 Å². The molecule has 1 N–H and O–H groups in total. The molecule has 2 atom stereocenters. The number of nitrogens with zero attached hydrogens (tertiary/aromatic N) is 3. The van der Waals surface area contributed by atoms with Crippen LogP contribution < -0.4 is 5.32 Å². The molecular weight excluding hydrogens is 308 g/mol. The van der Waals surface area contributed by atoms with Crippen LogP contribution in [0.3, 0.4) is 0 Å². The largest absolute Gasteiger partial charge is 0.468 e. The number of imide groups is 1. The van der Waals surface area contributed by atoms with Gasteiger partial charge < -0.3 is 14.5 Å². The van der Waals surface area contributed by atoms with Gasteiger partial charge in [-0.3, -0.25) is 14.9 Å². The summed E-state index contributed by atoms with van der Waals surface area (Å²) in [7, 11) is 2.93. The summed E-state index contributed by atoms with van der Waals surface area (Å²) in [4.78, 5) is 43.0. The van der Waals surface area contributed by atoms with Crippen molar-refractivity contribution in [2.24, 2.45) is 10.9 Å². The Balaban J connectivity index is 2.22. The van der Waals surface area contributed by atoms with Crippen molar-refractivity contribution in [2.45, 2.75) is 26.1 Å². The fraction of sp³-hybridized carbons (Fsp3) is 0.692. The molecule has 0 aromatic heterocycles. The number of esters is 1. The van der Waals surface area contributed by atoms with E-state index in [0.29, 0.717) is 17.6 Å². The first-order valence-electron chi connectivity index (χ1n) is 6.96. The lowest BCUT2D eigenvalue weighted by Gasteiger charge is -2.36. The number of hydrogen-bond donors (Lipinski definition) is 1.